The first kappa shape index (κ1) is 12.1. The summed E-state index contributed by atoms with van der Waals surface area (Å²) in [5.74, 6) is -0.927. The van der Waals surface area contributed by atoms with Crippen LogP contribution >= 0.6 is 23.1 Å². The van der Waals surface area contributed by atoms with E-state index in [1.807, 2.05) is 25.1 Å². The quantitative estimate of drug-likeness (QED) is 0.925. The maximum Gasteiger partial charge on any atom is 0.347 e. The van der Waals surface area contributed by atoms with Gasteiger partial charge in [-0.1, -0.05) is 17.4 Å². The fourth-order valence-corrected chi connectivity index (χ4v) is 3.29. The molecule has 17 heavy (non-hydrogen) atoms. The highest BCUT2D eigenvalue weighted by molar-refractivity contribution is 8.01. The lowest BCUT2D eigenvalue weighted by Crippen LogP contribution is -1.94. The highest BCUT2D eigenvalue weighted by Crippen LogP contribution is 2.31. The monoisotopic (exact) mass is 266 g/mol. The van der Waals surface area contributed by atoms with Crippen LogP contribution in [0.2, 0.25) is 0 Å². The number of hydrogen-bond acceptors (Lipinski definition) is 5. The first-order valence-corrected chi connectivity index (χ1v) is 6.52. The lowest BCUT2D eigenvalue weighted by Gasteiger charge is -1.97. The summed E-state index contributed by atoms with van der Waals surface area (Å²) < 4.78 is 0.706. The molecule has 0 saturated heterocycles. The Bertz CT molecular complexity index is 566. The van der Waals surface area contributed by atoms with Gasteiger partial charge in [-0.25, -0.2) is 14.8 Å². The SMILES string of the molecule is Cc1cccc(Sc2nc(C)c(C(=O)O)s2)n1. The Balaban J connectivity index is 2.25. The first-order chi connectivity index (χ1) is 8.06. The Morgan fingerprint density at radius 2 is 2.12 bits per heavy atom. The zero-order chi connectivity index (χ0) is 12.4. The van der Waals surface area contributed by atoms with Gasteiger partial charge in [-0.2, -0.15) is 0 Å². The fourth-order valence-electron chi connectivity index (χ4n) is 1.28. The van der Waals surface area contributed by atoms with Gasteiger partial charge in [-0.15, -0.1) is 0 Å². The van der Waals surface area contributed by atoms with Gasteiger partial charge in [-0.05, 0) is 37.7 Å². The van der Waals surface area contributed by atoms with E-state index in [0.717, 1.165) is 10.7 Å². The lowest BCUT2D eigenvalue weighted by molar-refractivity contribution is 0.0701. The zero-order valence-electron chi connectivity index (χ0n) is 9.30. The van der Waals surface area contributed by atoms with Gasteiger partial charge in [0.15, 0.2) is 4.34 Å². The molecule has 2 aromatic heterocycles. The largest absolute Gasteiger partial charge is 0.477 e. The molecule has 0 amide bonds. The summed E-state index contributed by atoms with van der Waals surface area (Å²) >= 11 is 2.57. The second kappa shape index (κ2) is 4.85. The predicted molar refractivity (Wildman–Crippen MR) is 66.9 cm³/mol. The Hall–Kier alpha value is -1.40. The third-order valence-electron chi connectivity index (χ3n) is 2.03. The molecule has 88 valence electrons. The molecule has 0 aliphatic heterocycles. The van der Waals surface area contributed by atoms with Crippen LogP contribution in [0.3, 0.4) is 0 Å². The van der Waals surface area contributed by atoms with Crippen LogP contribution in [-0.4, -0.2) is 21.0 Å². The molecule has 0 aliphatic rings. The van der Waals surface area contributed by atoms with Gasteiger partial charge in [0.25, 0.3) is 0 Å². The predicted octanol–water partition coefficient (Wildman–Crippen LogP) is 3.00. The van der Waals surface area contributed by atoms with E-state index in [9.17, 15) is 4.79 Å². The van der Waals surface area contributed by atoms with Gasteiger partial charge in [0.05, 0.1) is 5.69 Å². The number of carbonyl (C=O) groups is 1. The average Bonchev–Trinajstić information content (AvgIpc) is 2.59. The summed E-state index contributed by atoms with van der Waals surface area (Å²) in [5, 5.41) is 9.76. The Morgan fingerprint density at radius 1 is 1.35 bits per heavy atom. The number of aromatic nitrogens is 2. The number of nitrogens with zero attached hydrogens (tertiary/aromatic N) is 2. The van der Waals surface area contributed by atoms with Crippen molar-refractivity contribution in [2.45, 2.75) is 23.2 Å². The lowest BCUT2D eigenvalue weighted by atomic mass is 10.4. The van der Waals surface area contributed by atoms with Gasteiger partial charge in [-0.3, -0.25) is 0 Å². The highest BCUT2D eigenvalue weighted by Gasteiger charge is 2.14. The minimum Gasteiger partial charge on any atom is -0.477 e. The molecule has 0 aromatic carbocycles. The summed E-state index contributed by atoms with van der Waals surface area (Å²) in [7, 11) is 0. The molecule has 6 heteroatoms. The molecule has 0 bridgehead atoms. The van der Waals surface area contributed by atoms with Gasteiger partial charge in [0.1, 0.15) is 9.90 Å². The number of rotatable bonds is 3. The minimum atomic E-state index is -0.927. The van der Waals surface area contributed by atoms with Crippen LogP contribution in [0.4, 0.5) is 0 Å². The number of aromatic carboxylic acids is 1. The summed E-state index contributed by atoms with van der Waals surface area (Å²) in [5.41, 5.74) is 1.49. The average molecular weight is 266 g/mol. The molecule has 1 N–H and O–H groups in total. The second-order valence-electron chi connectivity index (χ2n) is 3.42. The van der Waals surface area contributed by atoms with E-state index in [-0.39, 0.29) is 0 Å². The topological polar surface area (TPSA) is 63.1 Å². The molecule has 2 heterocycles. The Kier molecular flexibility index (Phi) is 3.44. The van der Waals surface area contributed by atoms with Crippen molar-refractivity contribution >= 4 is 29.1 Å². The van der Waals surface area contributed by atoms with Crippen molar-refractivity contribution in [2.24, 2.45) is 0 Å². The van der Waals surface area contributed by atoms with E-state index in [4.69, 9.17) is 5.11 Å². The van der Waals surface area contributed by atoms with Gasteiger partial charge < -0.3 is 5.11 Å². The van der Waals surface area contributed by atoms with Gasteiger partial charge >= 0.3 is 5.97 Å². The molecule has 2 rings (SSSR count). The van der Waals surface area contributed by atoms with Crippen molar-refractivity contribution in [3.8, 4) is 0 Å². The standard InChI is InChI=1S/C11H10N2O2S2/c1-6-4-3-5-8(12-6)16-11-13-7(2)9(17-11)10(14)15/h3-5H,1-2H3,(H,14,15). The normalized spacial score (nSPS) is 10.5. The second-order valence-corrected chi connectivity index (χ2v) is 5.69. The molecular weight excluding hydrogens is 256 g/mol. The van der Waals surface area contributed by atoms with Crippen molar-refractivity contribution in [1.29, 1.82) is 0 Å². The van der Waals surface area contributed by atoms with Crippen molar-refractivity contribution in [2.75, 3.05) is 0 Å². The van der Waals surface area contributed by atoms with Crippen LogP contribution in [-0.2, 0) is 0 Å². The summed E-state index contributed by atoms with van der Waals surface area (Å²) in [6.45, 7) is 3.62. The van der Waals surface area contributed by atoms with Crippen LogP contribution < -0.4 is 0 Å². The molecule has 2 aromatic rings. The number of carboxylic acids is 1. The van der Waals surface area contributed by atoms with Crippen LogP contribution in [0.1, 0.15) is 21.1 Å². The first-order valence-electron chi connectivity index (χ1n) is 4.88. The Labute approximate surface area is 107 Å². The van der Waals surface area contributed by atoms with Crippen molar-refractivity contribution in [3.63, 3.8) is 0 Å². The smallest absolute Gasteiger partial charge is 0.347 e. The number of thiazole rings is 1. The van der Waals surface area contributed by atoms with Crippen molar-refractivity contribution in [1.82, 2.24) is 9.97 Å². The summed E-state index contributed by atoms with van der Waals surface area (Å²) in [4.78, 5) is 19.7. The zero-order valence-corrected chi connectivity index (χ0v) is 10.9. The van der Waals surface area contributed by atoms with Crippen LogP contribution in [0.15, 0.2) is 27.6 Å². The third kappa shape index (κ3) is 2.83. The van der Waals surface area contributed by atoms with E-state index >= 15 is 0 Å². The Morgan fingerprint density at radius 3 is 2.71 bits per heavy atom. The van der Waals surface area contributed by atoms with Crippen LogP contribution in [0, 0.1) is 13.8 Å². The molecular formula is C11H10N2O2S2. The molecule has 4 nitrogen and oxygen atoms in total. The molecule has 0 saturated carbocycles. The number of aryl methyl sites for hydroxylation is 2. The molecule has 0 atom stereocenters. The summed E-state index contributed by atoms with van der Waals surface area (Å²) in [6.07, 6.45) is 0. The van der Waals surface area contributed by atoms with Crippen molar-refractivity contribution < 1.29 is 9.90 Å². The molecule has 0 spiro atoms. The minimum absolute atomic E-state index is 0.292. The number of hydrogen-bond donors (Lipinski definition) is 1. The van der Waals surface area contributed by atoms with Gasteiger partial charge in [0, 0.05) is 5.69 Å². The van der Waals surface area contributed by atoms with Gasteiger partial charge in [0.2, 0.25) is 0 Å². The number of pyridine rings is 1. The summed E-state index contributed by atoms with van der Waals surface area (Å²) in [6, 6.07) is 5.72. The fraction of sp³-hybridized carbons (Fsp3) is 0.182. The molecule has 0 fully saturated rings. The van der Waals surface area contributed by atoms with E-state index in [2.05, 4.69) is 9.97 Å². The third-order valence-corrected chi connectivity index (χ3v) is 4.17. The van der Waals surface area contributed by atoms with E-state index in [1.54, 1.807) is 6.92 Å². The van der Waals surface area contributed by atoms with Crippen molar-refractivity contribution in [3.05, 3.63) is 34.5 Å². The van der Waals surface area contributed by atoms with Crippen LogP contribution in [0.25, 0.3) is 0 Å². The molecule has 0 aliphatic carbocycles. The maximum absolute atomic E-state index is 10.9. The molecule has 0 radical (unpaired) electrons. The number of carboxylic acid groups (broad SMARTS) is 1. The maximum atomic E-state index is 10.9. The highest BCUT2D eigenvalue weighted by atomic mass is 32.2. The van der Waals surface area contributed by atoms with Crippen LogP contribution in [0.5, 0.6) is 0 Å². The van der Waals surface area contributed by atoms with E-state index in [0.29, 0.717) is 14.9 Å². The molecule has 0 unspecified atom stereocenters. The van der Waals surface area contributed by atoms with E-state index in [1.165, 1.54) is 23.1 Å². The van der Waals surface area contributed by atoms with E-state index < -0.39 is 5.97 Å².